The SMILES string of the molecule is CCc1cc(F)c(Cl)nc1N. The van der Waals surface area contributed by atoms with Crippen LogP contribution in [0.1, 0.15) is 12.5 Å². The molecule has 0 atom stereocenters. The van der Waals surface area contributed by atoms with E-state index in [1.807, 2.05) is 6.92 Å². The van der Waals surface area contributed by atoms with Crippen molar-refractivity contribution in [1.29, 1.82) is 0 Å². The van der Waals surface area contributed by atoms with Crippen LogP contribution < -0.4 is 5.73 Å². The third-order valence-electron chi connectivity index (χ3n) is 1.43. The van der Waals surface area contributed by atoms with Crippen molar-refractivity contribution in [2.45, 2.75) is 13.3 Å². The quantitative estimate of drug-likeness (QED) is 0.662. The van der Waals surface area contributed by atoms with Gasteiger partial charge in [-0.2, -0.15) is 0 Å². The lowest BCUT2D eigenvalue weighted by molar-refractivity contribution is 0.620. The molecule has 0 saturated heterocycles. The fraction of sp³-hybridized carbons (Fsp3) is 0.286. The van der Waals surface area contributed by atoms with E-state index in [1.54, 1.807) is 0 Å². The van der Waals surface area contributed by atoms with Crippen molar-refractivity contribution < 1.29 is 4.39 Å². The van der Waals surface area contributed by atoms with Gasteiger partial charge in [0.1, 0.15) is 5.82 Å². The minimum absolute atomic E-state index is 0.167. The van der Waals surface area contributed by atoms with Gasteiger partial charge in [-0.05, 0) is 18.1 Å². The number of pyridine rings is 1. The van der Waals surface area contributed by atoms with Crippen LogP contribution in [0.15, 0.2) is 6.07 Å². The maximum Gasteiger partial charge on any atom is 0.167 e. The van der Waals surface area contributed by atoms with E-state index in [9.17, 15) is 4.39 Å². The van der Waals surface area contributed by atoms with Crippen LogP contribution in [0.2, 0.25) is 5.15 Å². The molecule has 0 aromatic carbocycles. The standard InChI is InChI=1S/C7H8ClFN2/c1-2-4-3-5(9)6(8)11-7(4)10/h3H,2H2,1H3,(H2,10,11). The number of hydrogen-bond donors (Lipinski definition) is 1. The first kappa shape index (κ1) is 8.27. The van der Waals surface area contributed by atoms with Gasteiger partial charge in [0, 0.05) is 0 Å². The molecule has 2 nitrogen and oxygen atoms in total. The lowest BCUT2D eigenvalue weighted by Crippen LogP contribution is -1.98. The van der Waals surface area contributed by atoms with Crippen molar-refractivity contribution in [3.05, 3.63) is 22.6 Å². The average Bonchev–Trinajstić information content (AvgIpc) is 1.97. The van der Waals surface area contributed by atoms with Crippen molar-refractivity contribution in [1.82, 2.24) is 4.98 Å². The molecule has 0 aliphatic rings. The van der Waals surface area contributed by atoms with Crippen LogP contribution in [0.25, 0.3) is 0 Å². The van der Waals surface area contributed by atoms with Gasteiger partial charge in [-0.3, -0.25) is 0 Å². The number of nitrogens with two attached hydrogens (primary N) is 1. The van der Waals surface area contributed by atoms with Gasteiger partial charge >= 0.3 is 0 Å². The van der Waals surface area contributed by atoms with E-state index in [0.717, 1.165) is 0 Å². The molecule has 60 valence electrons. The molecule has 0 aliphatic carbocycles. The second-order valence-electron chi connectivity index (χ2n) is 2.16. The van der Waals surface area contributed by atoms with Gasteiger partial charge in [0.05, 0.1) is 0 Å². The third-order valence-corrected chi connectivity index (χ3v) is 1.69. The van der Waals surface area contributed by atoms with Crippen LogP contribution in [0.5, 0.6) is 0 Å². The largest absolute Gasteiger partial charge is 0.383 e. The number of nitrogen functional groups attached to an aromatic ring is 1. The van der Waals surface area contributed by atoms with Crippen molar-refractivity contribution in [2.24, 2.45) is 0 Å². The summed E-state index contributed by atoms with van der Waals surface area (Å²) < 4.78 is 12.7. The van der Waals surface area contributed by atoms with Gasteiger partial charge in [0.2, 0.25) is 0 Å². The van der Waals surface area contributed by atoms with E-state index in [2.05, 4.69) is 4.98 Å². The molecule has 1 aromatic rings. The molecule has 0 amide bonds. The Bertz CT molecular complexity index is 275. The molecule has 4 heteroatoms. The smallest absolute Gasteiger partial charge is 0.167 e. The minimum Gasteiger partial charge on any atom is -0.383 e. The Hall–Kier alpha value is -0.830. The van der Waals surface area contributed by atoms with Crippen LogP contribution in [-0.4, -0.2) is 4.98 Å². The summed E-state index contributed by atoms with van der Waals surface area (Å²) in [5, 5.41) is -0.167. The Morgan fingerprint density at radius 1 is 1.73 bits per heavy atom. The molecule has 1 aromatic heterocycles. The first-order valence-corrected chi connectivity index (χ1v) is 3.63. The van der Waals surface area contributed by atoms with E-state index in [0.29, 0.717) is 17.8 Å². The number of aryl methyl sites for hydroxylation is 1. The summed E-state index contributed by atoms with van der Waals surface area (Å²) in [6.07, 6.45) is 0.660. The molecule has 0 spiro atoms. The molecule has 0 bridgehead atoms. The maximum absolute atomic E-state index is 12.7. The predicted molar refractivity (Wildman–Crippen MR) is 43.0 cm³/mol. The Labute approximate surface area is 69.2 Å². The summed E-state index contributed by atoms with van der Waals surface area (Å²) in [7, 11) is 0. The molecule has 1 heterocycles. The zero-order chi connectivity index (χ0) is 8.43. The highest BCUT2D eigenvalue weighted by Gasteiger charge is 2.05. The monoisotopic (exact) mass is 174 g/mol. The number of hydrogen-bond acceptors (Lipinski definition) is 2. The Kier molecular flexibility index (Phi) is 2.29. The van der Waals surface area contributed by atoms with E-state index < -0.39 is 5.82 Å². The summed E-state index contributed by atoms with van der Waals surface area (Å²) in [5.74, 6) is -0.211. The van der Waals surface area contributed by atoms with Gasteiger partial charge in [-0.15, -0.1) is 0 Å². The average molecular weight is 175 g/mol. The van der Waals surface area contributed by atoms with Crippen LogP contribution in [0.4, 0.5) is 10.2 Å². The second kappa shape index (κ2) is 3.05. The van der Waals surface area contributed by atoms with Crippen LogP contribution >= 0.6 is 11.6 Å². The van der Waals surface area contributed by atoms with E-state index in [-0.39, 0.29) is 5.15 Å². The fourth-order valence-corrected chi connectivity index (χ4v) is 0.946. The molecule has 2 N–H and O–H groups in total. The highest BCUT2D eigenvalue weighted by molar-refractivity contribution is 6.29. The number of halogens is 2. The summed E-state index contributed by atoms with van der Waals surface area (Å²) in [6.45, 7) is 1.88. The maximum atomic E-state index is 12.7. The number of aromatic nitrogens is 1. The van der Waals surface area contributed by atoms with Crippen molar-refractivity contribution >= 4 is 17.4 Å². The molecule has 0 unspecified atom stereocenters. The topological polar surface area (TPSA) is 38.9 Å². The van der Waals surface area contributed by atoms with E-state index in [1.165, 1.54) is 6.07 Å². The Morgan fingerprint density at radius 3 is 2.91 bits per heavy atom. The molecular formula is C7H8ClFN2. The molecule has 0 saturated carbocycles. The second-order valence-corrected chi connectivity index (χ2v) is 2.52. The van der Waals surface area contributed by atoms with Crippen molar-refractivity contribution in [3.8, 4) is 0 Å². The van der Waals surface area contributed by atoms with E-state index >= 15 is 0 Å². The summed E-state index contributed by atoms with van der Waals surface area (Å²) in [6, 6.07) is 1.31. The lowest BCUT2D eigenvalue weighted by atomic mass is 10.2. The van der Waals surface area contributed by atoms with Crippen molar-refractivity contribution in [2.75, 3.05) is 5.73 Å². The van der Waals surface area contributed by atoms with Gasteiger partial charge in [-0.1, -0.05) is 18.5 Å². The number of rotatable bonds is 1. The van der Waals surface area contributed by atoms with Gasteiger partial charge < -0.3 is 5.73 Å². The predicted octanol–water partition coefficient (Wildman–Crippen LogP) is 2.02. The first-order valence-electron chi connectivity index (χ1n) is 3.25. The zero-order valence-corrected chi connectivity index (χ0v) is 6.82. The van der Waals surface area contributed by atoms with Crippen molar-refractivity contribution in [3.63, 3.8) is 0 Å². The first-order chi connectivity index (χ1) is 5.15. The minimum atomic E-state index is -0.516. The number of nitrogens with zero attached hydrogens (tertiary/aromatic N) is 1. The molecular weight excluding hydrogens is 167 g/mol. The van der Waals surface area contributed by atoms with Gasteiger partial charge in [0.25, 0.3) is 0 Å². The Balaban J connectivity index is 3.21. The molecule has 0 radical (unpaired) electrons. The Morgan fingerprint density at radius 2 is 2.36 bits per heavy atom. The van der Waals surface area contributed by atoms with Crippen LogP contribution in [0, 0.1) is 5.82 Å². The highest BCUT2D eigenvalue weighted by atomic mass is 35.5. The molecule has 11 heavy (non-hydrogen) atoms. The third kappa shape index (κ3) is 1.60. The normalized spacial score (nSPS) is 10.1. The molecule has 0 aliphatic heterocycles. The highest BCUT2D eigenvalue weighted by Crippen LogP contribution is 2.17. The van der Waals surface area contributed by atoms with Crippen LogP contribution in [-0.2, 0) is 6.42 Å². The summed E-state index contributed by atoms with van der Waals surface area (Å²) in [5.41, 5.74) is 6.13. The van der Waals surface area contributed by atoms with E-state index in [4.69, 9.17) is 17.3 Å². The molecule has 1 rings (SSSR count). The fourth-order valence-electron chi connectivity index (χ4n) is 0.801. The zero-order valence-electron chi connectivity index (χ0n) is 6.06. The molecule has 0 fully saturated rings. The van der Waals surface area contributed by atoms with Gasteiger partial charge in [-0.25, -0.2) is 9.37 Å². The summed E-state index contributed by atoms with van der Waals surface area (Å²) >= 11 is 5.38. The van der Waals surface area contributed by atoms with Crippen LogP contribution in [0.3, 0.4) is 0 Å². The lowest BCUT2D eigenvalue weighted by Gasteiger charge is -2.01. The summed E-state index contributed by atoms with van der Waals surface area (Å²) in [4.78, 5) is 3.61. The number of anilines is 1. The van der Waals surface area contributed by atoms with Gasteiger partial charge in [0.15, 0.2) is 11.0 Å².